The Kier molecular flexibility index (Phi) is 3.48. The second kappa shape index (κ2) is 5.06. The van der Waals surface area contributed by atoms with Crippen LogP contribution in [0.4, 0.5) is 11.5 Å². The van der Waals surface area contributed by atoms with Crippen LogP contribution in [0.2, 0.25) is 5.02 Å². The van der Waals surface area contributed by atoms with Crippen molar-refractivity contribution in [1.29, 1.82) is 0 Å². The van der Waals surface area contributed by atoms with Crippen molar-refractivity contribution in [3.8, 4) is 0 Å². The van der Waals surface area contributed by atoms with E-state index in [0.29, 0.717) is 16.5 Å². The number of pyridine rings is 1. The Balaban J connectivity index is 2.24. The summed E-state index contributed by atoms with van der Waals surface area (Å²) in [4.78, 5) is 15.0. The Labute approximate surface area is 109 Å². The van der Waals surface area contributed by atoms with Gasteiger partial charge in [0.15, 0.2) is 0 Å². The van der Waals surface area contributed by atoms with Crippen LogP contribution in [-0.2, 0) is 0 Å². The molecule has 2 N–H and O–H groups in total. The topological polar surface area (TPSA) is 62.2 Å². The minimum atomic E-state index is -1.00. The Morgan fingerprint density at radius 1 is 1.33 bits per heavy atom. The summed E-state index contributed by atoms with van der Waals surface area (Å²) in [6.07, 6.45) is 1.74. The number of hydrogen-bond donors (Lipinski definition) is 2. The molecule has 0 amide bonds. The molecular weight excluding hydrogens is 252 g/mol. The summed E-state index contributed by atoms with van der Waals surface area (Å²) >= 11 is 6.00. The van der Waals surface area contributed by atoms with Crippen LogP contribution in [-0.4, -0.2) is 16.1 Å². The Bertz CT molecular complexity index is 582. The molecule has 2 aromatic rings. The molecule has 0 aliphatic rings. The molecule has 4 nitrogen and oxygen atoms in total. The van der Waals surface area contributed by atoms with Crippen molar-refractivity contribution < 1.29 is 9.90 Å². The summed E-state index contributed by atoms with van der Waals surface area (Å²) in [7, 11) is 0. The molecular formula is C13H11ClN2O2. The summed E-state index contributed by atoms with van der Waals surface area (Å²) in [5, 5.41) is 12.2. The van der Waals surface area contributed by atoms with Gasteiger partial charge in [-0.25, -0.2) is 9.78 Å². The molecule has 2 rings (SSSR count). The third-order valence-electron chi connectivity index (χ3n) is 2.39. The molecule has 0 radical (unpaired) electrons. The second-order valence-corrected chi connectivity index (χ2v) is 4.25. The van der Waals surface area contributed by atoms with Gasteiger partial charge in [-0.1, -0.05) is 17.7 Å². The number of hydrogen-bond acceptors (Lipinski definition) is 3. The van der Waals surface area contributed by atoms with E-state index in [9.17, 15) is 4.79 Å². The van der Waals surface area contributed by atoms with Crippen LogP contribution in [0.15, 0.2) is 36.5 Å². The van der Waals surface area contributed by atoms with Crippen molar-refractivity contribution >= 4 is 29.1 Å². The normalized spacial score (nSPS) is 10.1. The third-order valence-corrected chi connectivity index (χ3v) is 2.70. The maximum absolute atomic E-state index is 10.8. The number of aromatic nitrogens is 1. The molecule has 92 valence electrons. The van der Waals surface area contributed by atoms with E-state index in [0.717, 1.165) is 5.56 Å². The van der Waals surface area contributed by atoms with Crippen molar-refractivity contribution in [3.05, 3.63) is 52.7 Å². The predicted molar refractivity (Wildman–Crippen MR) is 70.7 cm³/mol. The summed E-state index contributed by atoms with van der Waals surface area (Å²) in [5.41, 5.74) is 1.84. The largest absolute Gasteiger partial charge is 0.478 e. The number of anilines is 2. The molecule has 0 bridgehead atoms. The van der Waals surface area contributed by atoms with Crippen molar-refractivity contribution in [2.75, 3.05) is 5.32 Å². The quantitative estimate of drug-likeness (QED) is 0.889. The van der Waals surface area contributed by atoms with E-state index in [1.54, 1.807) is 12.3 Å². The number of benzene rings is 1. The minimum absolute atomic E-state index is 0.155. The van der Waals surface area contributed by atoms with Crippen molar-refractivity contribution in [1.82, 2.24) is 4.98 Å². The molecule has 18 heavy (non-hydrogen) atoms. The first-order valence-corrected chi connectivity index (χ1v) is 5.66. The Morgan fingerprint density at radius 3 is 2.67 bits per heavy atom. The van der Waals surface area contributed by atoms with Gasteiger partial charge in [0.25, 0.3) is 0 Å². The molecule has 1 aromatic carbocycles. The highest BCUT2D eigenvalue weighted by molar-refractivity contribution is 6.33. The van der Waals surface area contributed by atoms with Gasteiger partial charge in [0.1, 0.15) is 5.82 Å². The predicted octanol–water partition coefficient (Wildman–Crippen LogP) is 3.49. The van der Waals surface area contributed by atoms with E-state index >= 15 is 0 Å². The first-order chi connectivity index (χ1) is 8.56. The summed E-state index contributed by atoms with van der Waals surface area (Å²) in [6, 6.07) is 8.27. The zero-order chi connectivity index (χ0) is 13.1. The Hall–Kier alpha value is -2.07. The van der Waals surface area contributed by atoms with Gasteiger partial charge in [-0.2, -0.15) is 0 Å². The first kappa shape index (κ1) is 12.4. The maximum Gasteiger partial charge on any atom is 0.335 e. The van der Waals surface area contributed by atoms with Crippen LogP contribution >= 0.6 is 11.6 Å². The van der Waals surface area contributed by atoms with Crippen molar-refractivity contribution in [3.63, 3.8) is 0 Å². The lowest BCUT2D eigenvalue weighted by Gasteiger charge is -2.08. The number of nitrogens with one attached hydrogen (secondary N) is 1. The number of aromatic carboxylic acids is 1. The maximum atomic E-state index is 10.8. The SMILES string of the molecule is Cc1ccc(Nc2ccc(C(=O)O)cc2Cl)nc1. The highest BCUT2D eigenvalue weighted by Gasteiger charge is 2.07. The molecule has 0 spiro atoms. The van der Waals surface area contributed by atoms with Crippen molar-refractivity contribution in [2.45, 2.75) is 6.92 Å². The zero-order valence-electron chi connectivity index (χ0n) is 9.64. The molecule has 0 saturated carbocycles. The highest BCUT2D eigenvalue weighted by Crippen LogP contribution is 2.25. The van der Waals surface area contributed by atoms with E-state index in [4.69, 9.17) is 16.7 Å². The zero-order valence-corrected chi connectivity index (χ0v) is 10.4. The van der Waals surface area contributed by atoms with Crippen LogP contribution in [0.5, 0.6) is 0 Å². The van der Waals surface area contributed by atoms with Gasteiger partial charge in [-0.3, -0.25) is 0 Å². The van der Waals surface area contributed by atoms with Gasteiger partial charge in [-0.15, -0.1) is 0 Å². The van der Waals surface area contributed by atoms with Crippen molar-refractivity contribution in [2.24, 2.45) is 0 Å². The van der Waals surface area contributed by atoms with E-state index < -0.39 is 5.97 Å². The molecule has 5 heteroatoms. The first-order valence-electron chi connectivity index (χ1n) is 5.29. The van der Waals surface area contributed by atoms with Crippen LogP contribution in [0.3, 0.4) is 0 Å². The number of rotatable bonds is 3. The minimum Gasteiger partial charge on any atom is -0.478 e. The van der Waals surface area contributed by atoms with Gasteiger partial charge in [0.2, 0.25) is 0 Å². The number of nitrogens with zero attached hydrogens (tertiary/aromatic N) is 1. The fourth-order valence-electron chi connectivity index (χ4n) is 1.43. The summed E-state index contributed by atoms with van der Waals surface area (Å²) in [6.45, 7) is 1.95. The van der Waals surface area contributed by atoms with Gasteiger partial charge in [0, 0.05) is 6.20 Å². The van der Waals surface area contributed by atoms with E-state index in [-0.39, 0.29) is 5.56 Å². The average Bonchev–Trinajstić information content (AvgIpc) is 2.34. The fourth-order valence-corrected chi connectivity index (χ4v) is 1.66. The lowest BCUT2D eigenvalue weighted by atomic mass is 10.2. The number of carbonyl (C=O) groups is 1. The van der Waals surface area contributed by atoms with Gasteiger partial charge in [0.05, 0.1) is 16.3 Å². The van der Waals surface area contributed by atoms with E-state index in [1.165, 1.54) is 12.1 Å². The standard InChI is InChI=1S/C13H11ClN2O2/c1-8-2-5-12(15-7-8)16-11-4-3-9(13(17)18)6-10(11)14/h2-7H,1H3,(H,15,16)(H,17,18). The summed E-state index contributed by atoms with van der Waals surface area (Å²) < 4.78 is 0. The number of aryl methyl sites for hydroxylation is 1. The molecule has 0 aliphatic carbocycles. The molecule has 0 unspecified atom stereocenters. The van der Waals surface area contributed by atoms with E-state index in [2.05, 4.69) is 10.3 Å². The van der Waals surface area contributed by atoms with Crippen LogP contribution in [0.25, 0.3) is 0 Å². The molecule has 0 fully saturated rings. The summed E-state index contributed by atoms with van der Waals surface area (Å²) in [5.74, 6) is -0.345. The van der Waals surface area contributed by atoms with E-state index in [1.807, 2.05) is 19.1 Å². The monoisotopic (exact) mass is 262 g/mol. The van der Waals surface area contributed by atoms with Gasteiger partial charge >= 0.3 is 5.97 Å². The molecule has 0 saturated heterocycles. The second-order valence-electron chi connectivity index (χ2n) is 3.85. The van der Waals surface area contributed by atoms with Gasteiger partial charge < -0.3 is 10.4 Å². The molecule has 0 atom stereocenters. The number of carboxylic acids is 1. The van der Waals surface area contributed by atoms with Crippen LogP contribution < -0.4 is 5.32 Å². The lowest BCUT2D eigenvalue weighted by Crippen LogP contribution is -1.98. The van der Waals surface area contributed by atoms with Gasteiger partial charge in [-0.05, 0) is 36.8 Å². The number of halogens is 1. The lowest BCUT2D eigenvalue weighted by molar-refractivity contribution is 0.0697. The Morgan fingerprint density at radius 2 is 2.11 bits per heavy atom. The molecule has 0 aliphatic heterocycles. The number of carboxylic acid groups (broad SMARTS) is 1. The van der Waals surface area contributed by atoms with Crippen LogP contribution in [0.1, 0.15) is 15.9 Å². The molecule has 1 aromatic heterocycles. The smallest absolute Gasteiger partial charge is 0.335 e. The third kappa shape index (κ3) is 2.78. The molecule has 1 heterocycles. The fraction of sp³-hybridized carbons (Fsp3) is 0.0769. The highest BCUT2D eigenvalue weighted by atomic mass is 35.5. The van der Waals surface area contributed by atoms with Crippen LogP contribution in [0, 0.1) is 6.92 Å². The average molecular weight is 263 g/mol.